The van der Waals surface area contributed by atoms with E-state index in [0.717, 1.165) is 5.69 Å². The molecule has 0 aliphatic carbocycles. The van der Waals surface area contributed by atoms with Crippen molar-refractivity contribution in [2.45, 2.75) is 19.9 Å². The third kappa shape index (κ3) is 3.30. The summed E-state index contributed by atoms with van der Waals surface area (Å²) in [5.74, 6) is 0.169. The van der Waals surface area contributed by atoms with E-state index in [-0.39, 0.29) is 30.3 Å². The predicted octanol–water partition coefficient (Wildman–Crippen LogP) is 0.182. The van der Waals surface area contributed by atoms with Crippen molar-refractivity contribution in [1.29, 1.82) is 0 Å². The molecule has 7 nitrogen and oxygen atoms in total. The number of amides is 2. The van der Waals surface area contributed by atoms with Crippen molar-refractivity contribution in [2.75, 3.05) is 38.6 Å². The summed E-state index contributed by atoms with van der Waals surface area (Å²) in [7, 11) is 5.62. The fraction of sp³-hybridized carbons (Fsp3) is 0.667. The molecule has 0 spiro atoms. The van der Waals surface area contributed by atoms with Crippen molar-refractivity contribution in [3.8, 4) is 0 Å². The van der Waals surface area contributed by atoms with Crippen LogP contribution < -0.4 is 4.90 Å². The number of hydrogen-bond acceptors (Lipinski definition) is 4. The minimum absolute atomic E-state index is 0.0270. The molecule has 122 valence electrons. The molecule has 0 bridgehead atoms. The highest BCUT2D eigenvalue weighted by molar-refractivity contribution is 5.98. The molecule has 0 N–H and O–H groups in total. The summed E-state index contributed by atoms with van der Waals surface area (Å²) in [6, 6.07) is -0.197. The Hall–Kier alpha value is -1.89. The van der Waals surface area contributed by atoms with Gasteiger partial charge in [-0.2, -0.15) is 5.10 Å². The van der Waals surface area contributed by atoms with Crippen LogP contribution in [0.3, 0.4) is 0 Å². The summed E-state index contributed by atoms with van der Waals surface area (Å²) in [5, 5.41) is 4.09. The zero-order valence-electron chi connectivity index (χ0n) is 14.0. The van der Waals surface area contributed by atoms with E-state index in [1.54, 1.807) is 20.7 Å². The first-order valence-electron chi connectivity index (χ1n) is 7.55. The van der Waals surface area contributed by atoms with Gasteiger partial charge < -0.3 is 9.80 Å². The smallest absolute Gasteiger partial charge is 0.246 e. The van der Waals surface area contributed by atoms with Crippen molar-refractivity contribution in [1.82, 2.24) is 19.6 Å². The molecule has 1 aromatic rings. The molecule has 0 radical (unpaired) electrons. The summed E-state index contributed by atoms with van der Waals surface area (Å²) in [4.78, 5) is 30.3. The van der Waals surface area contributed by atoms with Gasteiger partial charge in [0.15, 0.2) is 0 Å². The van der Waals surface area contributed by atoms with Gasteiger partial charge in [0.2, 0.25) is 11.8 Å². The quantitative estimate of drug-likeness (QED) is 0.796. The van der Waals surface area contributed by atoms with Gasteiger partial charge in [-0.15, -0.1) is 0 Å². The van der Waals surface area contributed by atoms with Crippen LogP contribution in [0, 0.1) is 5.92 Å². The summed E-state index contributed by atoms with van der Waals surface area (Å²) >= 11 is 0. The SMILES string of the molecule is CC(C)[C@@H](C(=O)N1CCN(c2cnn(C)c2)C(=O)C1)N(C)C. The van der Waals surface area contributed by atoms with Gasteiger partial charge in [-0.3, -0.25) is 19.2 Å². The van der Waals surface area contributed by atoms with Crippen LogP contribution in [0.15, 0.2) is 12.4 Å². The molecule has 1 atom stereocenters. The molecule has 2 amide bonds. The molecule has 2 heterocycles. The molecule has 2 rings (SSSR count). The zero-order valence-corrected chi connectivity index (χ0v) is 14.0. The Bertz CT molecular complexity index is 544. The number of likely N-dealkylation sites (N-methyl/N-ethyl adjacent to an activating group) is 1. The van der Waals surface area contributed by atoms with Gasteiger partial charge in [-0.05, 0) is 20.0 Å². The Labute approximate surface area is 131 Å². The van der Waals surface area contributed by atoms with E-state index in [2.05, 4.69) is 5.10 Å². The number of carbonyl (C=O) groups is 2. The average molecular weight is 307 g/mol. The normalized spacial score (nSPS) is 17.5. The minimum Gasteiger partial charge on any atom is -0.330 e. The van der Waals surface area contributed by atoms with Crippen LogP contribution in [0.1, 0.15) is 13.8 Å². The van der Waals surface area contributed by atoms with Crippen LogP contribution in [0.4, 0.5) is 5.69 Å². The number of nitrogens with zero attached hydrogens (tertiary/aromatic N) is 5. The highest BCUT2D eigenvalue weighted by Crippen LogP contribution is 2.18. The van der Waals surface area contributed by atoms with Crippen LogP contribution in [0.5, 0.6) is 0 Å². The van der Waals surface area contributed by atoms with Crippen LogP contribution in [-0.4, -0.2) is 71.2 Å². The van der Waals surface area contributed by atoms with Gasteiger partial charge in [0.25, 0.3) is 0 Å². The van der Waals surface area contributed by atoms with Crippen molar-refractivity contribution in [3.05, 3.63) is 12.4 Å². The molecule has 1 aromatic heterocycles. The number of carbonyl (C=O) groups excluding carboxylic acids is 2. The summed E-state index contributed by atoms with van der Waals surface area (Å²) in [5.41, 5.74) is 0.785. The van der Waals surface area contributed by atoms with Crippen LogP contribution >= 0.6 is 0 Å². The van der Waals surface area contributed by atoms with Crippen molar-refractivity contribution >= 4 is 17.5 Å². The third-order valence-corrected chi connectivity index (χ3v) is 3.98. The number of hydrogen-bond donors (Lipinski definition) is 0. The lowest BCUT2D eigenvalue weighted by Gasteiger charge is -2.37. The second-order valence-corrected chi connectivity index (χ2v) is 6.33. The fourth-order valence-corrected chi connectivity index (χ4v) is 2.97. The lowest BCUT2D eigenvalue weighted by atomic mass is 10.0. The van der Waals surface area contributed by atoms with E-state index in [0.29, 0.717) is 13.1 Å². The van der Waals surface area contributed by atoms with Gasteiger partial charge in [-0.25, -0.2) is 0 Å². The van der Waals surface area contributed by atoms with Crippen molar-refractivity contribution < 1.29 is 9.59 Å². The molecular formula is C15H25N5O2. The number of anilines is 1. The molecule has 22 heavy (non-hydrogen) atoms. The topological polar surface area (TPSA) is 61.7 Å². The van der Waals surface area contributed by atoms with E-state index in [1.165, 1.54) is 0 Å². The van der Waals surface area contributed by atoms with Crippen molar-refractivity contribution in [3.63, 3.8) is 0 Å². The van der Waals surface area contributed by atoms with Gasteiger partial charge in [-0.1, -0.05) is 13.8 Å². The summed E-state index contributed by atoms with van der Waals surface area (Å²) < 4.78 is 1.67. The largest absolute Gasteiger partial charge is 0.330 e. The van der Waals surface area contributed by atoms with Crippen LogP contribution in [0.2, 0.25) is 0 Å². The van der Waals surface area contributed by atoms with E-state index >= 15 is 0 Å². The lowest BCUT2D eigenvalue weighted by molar-refractivity contribution is -0.142. The highest BCUT2D eigenvalue weighted by atomic mass is 16.2. The van der Waals surface area contributed by atoms with Crippen molar-refractivity contribution in [2.24, 2.45) is 13.0 Å². The van der Waals surface area contributed by atoms with Crippen LogP contribution in [-0.2, 0) is 16.6 Å². The lowest BCUT2D eigenvalue weighted by Crippen LogP contribution is -2.57. The van der Waals surface area contributed by atoms with Gasteiger partial charge >= 0.3 is 0 Å². The number of aryl methyl sites for hydroxylation is 1. The molecule has 1 saturated heterocycles. The molecule has 1 aliphatic heterocycles. The second kappa shape index (κ2) is 6.48. The molecule has 0 saturated carbocycles. The molecule has 1 fully saturated rings. The maximum absolute atomic E-state index is 12.7. The second-order valence-electron chi connectivity index (χ2n) is 6.33. The Balaban J connectivity index is 2.06. The Morgan fingerprint density at radius 2 is 2.00 bits per heavy atom. The monoisotopic (exact) mass is 307 g/mol. The number of aromatic nitrogens is 2. The number of rotatable bonds is 4. The summed E-state index contributed by atoms with van der Waals surface area (Å²) in [6.07, 6.45) is 3.48. The van der Waals surface area contributed by atoms with E-state index in [4.69, 9.17) is 0 Å². The first-order valence-corrected chi connectivity index (χ1v) is 7.55. The highest BCUT2D eigenvalue weighted by Gasteiger charge is 2.34. The fourth-order valence-electron chi connectivity index (χ4n) is 2.97. The standard InChI is InChI=1S/C15H25N5O2/c1-11(2)14(17(3)4)15(22)19-6-7-20(13(21)10-19)12-8-16-18(5)9-12/h8-9,11,14H,6-7,10H2,1-5H3/t14-/m0/s1. The Morgan fingerprint density at radius 3 is 2.45 bits per heavy atom. The average Bonchev–Trinajstić information content (AvgIpc) is 2.84. The zero-order chi connectivity index (χ0) is 16.4. The molecular weight excluding hydrogens is 282 g/mol. The first kappa shape index (κ1) is 16.5. The maximum atomic E-state index is 12.7. The Kier molecular flexibility index (Phi) is 4.85. The van der Waals surface area contributed by atoms with Crippen LogP contribution in [0.25, 0.3) is 0 Å². The predicted molar refractivity (Wildman–Crippen MR) is 84.5 cm³/mol. The van der Waals surface area contributed by atoms with Gasteiger partial charge in [0.1, 0.15) is 6.54 Å². The first-order chi connectivity index (χ1) is 10.3. The maximum Gasteiger partial charge on any atom is 0.246 e. The Morgan fingerprint density at radius 1 is 1.32 bits per heavy atom. The third-order valence-electron chi connectivity index (χ3n) is 3.98. The molecule has 1 aliphatic rings. The van der Waals surface area contributed by atoms with E-state index in [9.17, 15) is 9.59 Å². The molecule has 0 aromatic carbocycles. The molecule has 0 unspecified atom stereocenters. The number of piperazine rings is 1. The minimum atomic E-state index is -0.197. The van der Waals surface area contributed by atoms with Gasteiger partial charge in [0.05, 0.1) is 17.9 Å². The summed E-state index contributed by atoms with van der Waals surface area (Å²) in [6.45, 7) is 5.24. The van der Waals surface area contributed by atoms with Gasteiger partial charge in [0, 0.05) is 26.3 Å². The van der Waals surface area contributed by atoms with E-state index in [1.807, 2.05) is 46.1 Å². The molecule has 7 heteroatoms. The van der Waals surface area contributed by atoms with E-state index < -0.39 is 0 Å².